The first-order chi connectivity index (χ1) is 12.8. The van der Waals surface area contributed by atoms with Crippen LogP contribution in [0.1, 0.15) is 38.5 Å². The third-order valence-electron chi connectivity index (χ3n) is 5.38. The lowest BCUT2D eigenvalue weighted by Crippen LogP contribution is -2.39. The van der Waals surface area contributed by atoms with E-state index in [-0.39, 0.29) is 0 Å². The van der Waals surface area contributed by atoms with Crippen molar-refractivity contribution in [1.29, 1.82) is 0 Å². The molecule has 0 amide bonds. The molecule has 0 bridgehead atoms. The first-order valence-corrected chi connectivity index (χ1v) is 9.52. The van der Waals surface area contributed by atoms with Crippen molar-refractivity contribution in [2.75, 3.05) is 18.0 Å². The molecule has 2 heterocycles. The first kappa shape index (κ1) is 17.0. The zero-order valence-corrected chi connectivity index (χ0v) is 15.0. The van der Waals surface area contributed by atoms with Crippen LogP contribution < -0.4 is 4.90 Å². The molecule has 2 aromatic rings. The number of hydrogen-bond donors (Lipinski definition) is 0. The van der Waals surface area contributed by atoms with Gasteiger partial charge in [-0.15, -0.1) is 0 Å². The van der Waals surface area contributed by atoms with Gasteiger partial charge in [0.2, 0.25) is 5.95 Å². The summed E-state index contributed by atoms with van der Waals surface area (Å²) in [6, 6.07) is 7.53. The average molecular weight is 348 g/mol. The molecular weight excluding hydrogens is 324 g/mol. The summed E-state index contributed by atoms with van der Waals surface area (Å²) in [5.74, 6) is 0.797. The maximum Gasteiger partial charge on any atom is 0.225 e. The van der Waals surface area contributed by atoms with Gasteiger partial charge in [-0.3, -0.25) is 0 Å². The Balaban J connectivity index is 1.34. The number of aromatic nitrogens is 2. The predicted octanol–water partition coefficient (Wildman–Crippen LogP) is 4.62. The number of ether oxygens (including phenoxy) is 1. The van der Waals surface area contributed by atoms with Crippen LogP contribution in [0.5, 0.6) is 0 Å². The van der Waals surface area contributed by atoms with Crippen molar-refractivity contribution in [2.45, 2.75) is 50.7 Å². The Bertz CT molecular complexity index is 752. The van der Waals surface area contributed by atoms with Gasteiger partial charge in [-0.1, -0.05) is 37.1 Å². The average Bonchev–Trinajstić information content (AvgIpc) is 3.22. The second kappa shape index (κ2) is 7.84. The molecule has 1 saturated heterocycles. The van der Waals surface area contributed by atoms with Crippen LogP contribution in [-0.4, -0.2) is 35.3 Å². The van der Waals surface area contributed by atoms with Crippen molar-refractivity contribution in [1.82, 2.24) is 9.97 Å². The Kier molecular flexibility index (Phi) is 5.12. The number of hydrogen-bond acceptors (Lipinski definition) is 4. The molecule has 1 aromatic carbocycles. The fraction of sp³-hybridized carbons (Fsp3) is 0.476. The summed E-state index contributed by atoms with van der Waals surface area (Å²) in [6.07, 6.45) is 11.9. The van der Waals surface area contributed by atoms with Crippen LogP contribution in [0.15, 0.2) is 36.7 Å². The highest BCUT2D eigenvalue weighted by Gasteiger charge is 2.25. The predicted molar refractivity (Wildman–Crippen MR) is 102 cm³/mol. The van der Waals surface area contributed by atoms with Gasteiger partial charge in [0.05, 0.1) is 18.8 Å². The number of benzene rings is 1. The highest BCUT2D eigenvalue weighted by atomic mass is 16.5. The fourth-order valence-corrected chi connectivity index (χ4v) is 3.85. The summed E-state index contributed by atoms with van der Waals surface area (Å²) in [6.45, 7) is 8.93. The summed E-state index contributed by atoms with van der Waals surface area (Å²) in [4.78, 5) is 14.8. The van der Waals surface area contributed by atoms with Crippen LogP contribution in [0, 0.1) is 6.57 Å². The molecule has 2 aliphatic rings. The normalized spacial score (nSPS) is 18.8. The molecule has 0 atom stereocenters. The minimum absolute atomic E-state index is 0.398. The molecule has 26 heavy (non-hydrogen) atoms. The summed E-state index contributed by atoms with van der Waals surface area (Å²) in [7, 11) is 0. The second-order valence-corrected chi connectivity index (χ2v) is 7.16. The van der Waals surface area contributed by atoms with Crippen molar-refractivity contribution in [3.8, 4) is 11.1 Å². The number of rotatable bonds is 4. The molecule has 1 saturated carbocycles. The Hall–Kier alpha value is -2.45. The minimum Gasteiger partial charge on any atom is -0.375 e. The van der Waals surface area contributed by atoms with Gasteiger partial charge in [0.1, 0.15) is 0 Å². The van der Waals surface area contributed by atoms with Crippen LogP contribution in [-0.2, 0) is 4.74 Å². The molecule has 0 spiro atoms. The van der Waals surface area contributed by atoms with Gasteiger partial charge in [-0.05, 0) is 31.2 Å². The van der Waals surface area contributed by atoms with Gasteiger partial charge in [-0.2, -0.15) is 0 Å². The highest BCUT2D eigenvalue weighted by molar-refractivity contribution is 5.65. The van der Waals surface area contributed by atoms with Crippen LogP contribution in [0.4, 0.5) is 11.6 Å². The SMILES string of the molecule is [C-]#[N+]c1ccc(-c2cnc(N3CCC(OC4CCCC4)CC3)nc2)cc1. The van der Waals surface area contributed by atoms with Crippen molar-refractivity contribution < 1.29 is 4.74 Å². The Morgan fingerprint density at radius 2 is 1.50 bits per heavy atom. The van der Waals surface area contributed by atoms with Gasteiger partial charge < -0.3 is 9.64 Å². The van der Waals surface area contributed by atoms with Gasteiger partial charge in [-0.25, -0.2) is 14.8 Å². The zero-order valence-electron chi connectivity index (χ0n) is 15.0. The molecule has 1 aromatic heterocycles. The summed E-state index contributed by atoms with van der Waals surface area (Å²) >= 11 is 0. The highest BCUT2D eigenvalue weighted by Crippen LogP contribution is 2.27. The van der Waals surface area contributed by atoms with Crippen molar-refractivity contribution in [2.24, 2.45) is 0 Å². The number of anilines is 1. The smallest absolute Gasteiger partial charge is 0.225 e. The molecule has 0 N–H and O–H groups in total. The molecular formula is C21H24N4O. The quantitative estimate of drug-likeness (QED) is 0.756. The van der Waals surface area contributed by atoms with E-state index >= 15 is 0 Å². The lowest BCUT2D eigenvalue weighted by Gasteiger charge is -2.33. The van der Waals surface area contributed by atoms with Crippen LogP contribution in [0.3, 0.4) is 0 Å². The Morgan fingerprint density at radius 3 is 2.12 bits per heavy atom. The van der Waals surface area contributed by atoms with Gasteiger partial charge in [0, 0.05) is 31.0 Å². The number of piperidine rings is 1. The molecule has 0 radical (unpaired) electrons. The maximum atomic E-state index is 7.02. The van der Waals surface area contributed by atoms with E-state index in [1.807, 2.05) is 36.7 Å². The number of nitrogens with zero attached hydrogens (tertiary/aromatic N) is 4. The molecule has 2 fully saturated rings. The summed E-state index contributed by atoms with van der Waals surface area (Å²) in [5, 5.41) is 0. The van der Waals surface area contributed by atoms with E-state index in [0.717, 1.165) is 43.0 Å². The van der Waals surface area contributed by atoms with E-state index < -0.39 is 0 Å². The third-order valence-corrected chi connectivity index (χ3v) is 5.38. The molecule has 4 rings (SSSR count). The van der Waals surface area contributed by atoms with Crippen LogP contribution in [0.25, 0.3) is 16.0 Å². The first-order valence-electron chi connectivity index (χ1n) is 9.52. The molecule has 134 valence electrons. The van der Waals surface area contributed by atoms with E-state index in [0.29, 0.717) is 17.9 Å². The standard InChI is InChI=1S/C21H24N4O/c1-22-18-8-6-16(7-9-18)17-14-23-21(24-15-17)25-12-10-20(11-13-25)26-19-4-2-3-5-19/h6-9,14-15,19-20H,2-5,10-13H2. The topological polar surface area (TPSA) is 42.6 Å². The van der Waals surface area contributed by atoms with Crippen LogP contribution in [0.2, 0.25) is 0 Å². The Labute approximate surface area is 154 Å². The van der Waals surface area contributed by atoms with Crippen molar-refractivity contribution in [3.63, 3.8) is 0 Å². The fourth-order valence-electron chi connectivity index (χ4n) is 3.85. The minimum atomic E-state index is 0.398. The molecule has 5 heteroatoms. The maximum absolute atomic E-state index is 7.02. The van der Waals surface area contributed by atoms with Crippen molar-refractivity contribution >= 4 is 11.6 Å². The Morgan fingerprint density at radius 1 is 0.885 bits per heavy atom. The van der Waals surface area contributed by atoms with Crippen molar-refractivity contribution in [3.05, 3.63) is 48.1 Å². The monoisotopic (exact) mass is 348 g/mol. The lowest BCUT2D eigenvalue weighted by atomic mass is 10.1. The van der Waals surface area contributed by atoms with E-state index in [1.165, 1.54) is 25.7 Å². The zero-order chi connectivity index (χ0) is 17.8. The van der Waals surface area contributed by atoms with Crippen LogP contribution >= 0.6 is 0 Å². The molecule has 5 nitrogen and oxygen atoms in total. The summed E-state index contributed by atoms with van der Waals surface area (Å²) in [5.41, 5.74) is 2.66. The molecule has 1 aliphatic heterocycles. The lowest BCUT2D eigenvalue weighted by molar-refractivity contribution is -0.0195. The van der Waals surface area contributed by atoms with E-state index in [1.54, 1.807) is 0 Å². The third kappa shape index (κ3) is 3.86. The largest absolute Gasteiger partial charge is 0.375 e. The second-order valence-electron chi connectivity index (χ2n) is 7.16. The van der Waals surface area contributed by atoms with E-state index in [9.17, 15) is 0 Å². The van der Waals surface area contributed by atoms with E-state index in [2.05, 4.69) is 19.7 Å². The van der Waals surface area contributed by atoms with E-state index in [4.69, 9.17) is 11.3 Å². The molecule has 0 unspecified atom stereocenters. The van der Waals surface area contributed by atoms with Gasteiger partial charge in [0.25, 0.3) is 0 Å². The summed E-state index contributed by atoms with van der Waals surface area (Å²) < 4.78 is 6.24. The van der Waals surface area contributed by atoms with Gasteiger partial charge in [0.15, 0.2) is 5.69 Å². The molecule has 1 aliphatic carbocycles. The van der Waals surface area contributed by atoms with Gasteiger partial charge >= 0.3 is 0 Å².